The second kappa shape index (κ2) is 11.1. The molecule has 0 aliphatic heterocycles. The third kappa shape index (κ3) is 6.46. The summed E-state index contributed by atoms with van der Waals surface area (Å²) < 4.78 is 1.92. The largest absolute Gasteiger partial charge is 0.481 e. The maximum absolute atomic E-state index is 13.2. The lowest BCUT2D eigenvalue weighted by Gasteiger charge is -2.10. The molecule has 0 unspecified atom stereocenters. The number of hydrogen-bond acceptors (Lipinski definition) is 9. The minimum atomic E-state index is -1.08. The van der Waals surface area contributed by atoms with Crippen LogP contribution >= 0.6 is 69.7 Å². The molecule has 0 atom stereocenters. The molecule has 9 nitrogen and oxygen atoms in total. The van der Waals surface area contributed by atoms with Gasteiger partial charge in [-0.25, -0.2) is 9.97 Å². The number of carbonyl (C=O) groups is 2. The maximum atomic E-state index is 13.2. The van der Waals surface area contributed by atoms with Gasteiger partial charge in [-0.3, -0.25) is 14.9 Å². The average Bonchev–Trinajstić information content (AvgIpc) is 3.35. The number of thiazole rings is 1. The number of carboxylic acid groups (broad SMARTS) is 1. The van der Waals surface area contributed by atoms with Gasteiger partial charge in [0.1, 0.15) is 21.4 Å². The van der Waals surface area contributed by atoms with Gasteiger partial charge in [-0.05, 0) is 42.1 Å². The number of benzene rings is 1. The summed E-state index contributed by atoms with van der Waals surface area (Å²) >= 11 is 21.7. The smallest absolute Gasteiger partial charge is 0.309 e. The lowest BCUT2D eigenvalue weighted by Crippen LogP contribution is -2.15. The van der Waals surface area contributed by atoms with Gasteiger partial charge in [-0.1, -0.05) is 57.9 Å². The average molecular weight is 588 g/mol. The molecule has 180 valence electrons. The molecule has 1 amide bonds. The van der Waals surface area contributed by atoms with Crippen LogP contribution in [0.3, 0.4) is 0 Å². The highest BCUT2D eigenvalue weighted by molar-refractivity contribution is 7.99. The van der Waals surface area contributed by atoms with Gasteiger partial charge in [0.15, 0.2) is 10.3 Å². The van der Waals surface area contributed by atoms with Crippen molar-refractivity contribution in [2.75, 3.05) is 5.32 Å². The molecule has 0 saturated heterocycles. The van der Waals surface area contributed by atoms with Crippen LogP contribution in [0.1, 0.15) is 16.2 Å². The lowest BCUT2D eigenvalue weighted by molar-refractivity contribution is -0.136. The SMILES string of the molecule is Cn1cnnc1Sc1ccc(Sc2ccc(Cl)c(Cl)c2)c(C(=O)Nc2nc(CC(=O)O)c(Cl)s2)n1. The first-order valence-corrected chi connectivity index (χ1v) is 13.1. The number of pyridine rings is 1. The quantitative estimate of drug-likeness (QED) is 0.263. The third-order valence-electron chi connectivity index (χ3n) is 4.22. The van der Waals surface area contributed by atoms with Crippen LogP contribution in [0.2, 0.25) is 14.4 Å². The Kier molecular flexibility index (Phi) is 8.19. The van der Waals surface area contributed by atoms with Crippen LogP contribution in [0, 0.1) is 0 Å². The minimum Gasteiger partial charge on any atom is -0.481 e. The van der Waals surface area contributed by atoms with Gasteiger partial charge < -0.3 is 9.67 Å². The Hall–Kier alpha value is -2.35. The fraction of sp³-hybridized carbons (Fsp3) is 0.100. The second-order valence-electron chi connectivity index (χ2n) is 6.76. The summed E-state index contributed by atoms with van der Waals surface area (Å²) in [6.07, 6.45) is 1.21. The third-order valence-corrected chi connectivity index (χ3v) is 8.24. The van der Waals surface area contributed by atoms with Crippen LogP contribution in [0.15, 0.2) is 56.6 Å². The van der Waals surface area contributed by atoms with Crippen molar-refractivity contribution >= 4 is 86.7 Å². The predicted octanol–water partition coefficient (Wildman–Crippen LogP) is 5.81. The molecule has 0 bridgehead atoms. The Labute approximate surface area is 226 Å². The summed E-state index contributed by atoms with van der Waals surface area (Å²) in [6.45, 7) is 0. The van der Waals surface area contributed by atoms with Gasteiger partial charge >= 0.3 is 5.97 Å². The van der Waals surface area contributed by atoms with Crippen molar-refractivity contribution in [3.63, 3.8) is 0 Å². The monoisotopic (exact) mass is 586 g/mol. The molecule has 2 N–H and O–H groups in total. The molecular formula is C20H13Cl3N6O3S3. The Bertz CT molecular complexity index is 1430. The maximum Gasteiger partial charge on any atom is 0.309 e. The van der Waals surface area contributed by atoms with Gasteiger partial charge in [-0.15, -0.1) is 10.2 Å². The summed E-state index contributed by atoms with van der Waals surface area (Å²) in [5.41, 5.74) is 0.295. The summed E-state index contributed by atoms with van der Waals surface area (Å²) in [5, 5.41) is 21.6. The van der Waals surface area contributed by atoms with Crippen LogP contribution in [0.4, 0.5) is 5.13 Å². The van der Waals surface area contributed by atoms with E-state index >= 15 is 0 Å². The number of nitrogens with zero attached hydrogens (tertiary/aromatic N) is 5. The number of amides is 1. The van der Waals surface area contributed by atoms with Gasteiger partial charge in [0.2, 0.25) is 0 Å². The molecule has 0 fully saturated rings. The van der Waals surface area contributed by atoms with E-state index < -0.39 is 11.9 Å². The molecule has 1 aromatic carbocycles. The van der Waals surface area contributed by atoms with Crippen molar-refractivity contribution in [1.82, 2.24) is 24.7 Å². The number of aromatic nitrogens is 5. The molecule has 0 aliphatic rings. The molecule has 35 heavy (non-hydrogen) atoms. The number of rotatable bonds is 8. The Morgan fingerprint density at radius 1 is 1.11 bits per heavy atom. The minimum absolute atomic E-state index is 0.124. The number of aliphatic carboxylic acids is 1. The van der Waals surface area contributed by atoms with Crippen LogP contribution in [0.5, 0.6) is 0 Å². The highest BCUT2D eigenvalue weighted by atomic mass is 35.5. The van der Waals surface area contributed by atoms with Crippen molar-refractivity contribution in [1.29, 1.82) is 0 Å². The molecule has 0 spiro atoms. The van der Waals surface area contributed by atoms with Crippen molar-refractivity contribution in [3.8, 4) is 0 Å². The normalized spacial score (nSPS) is 11.0. The summed E-state index contributed by atoms with van der Waals surface area (Å²) in [6, 6.07) is 8.66. The first-order valence-electron chi connectivity index (χ1n) is 9.53. The summed E-state index contributed by atoms with van der Waals surface area (Å²) in [7, 11) is 1.80. The number of aryl methyl sites for hydroxylation is 1. The van der Waals surface area contributed by atoms with Gasteiger partial charge in [0.25, 0.3) is 5.91 Å². The molecule has 15 heteroatoms. The topological polar surface area (TPSA) is 123 Å². The highest BCUT2D eigenvalue weighted by Crippen LogP contribution is 2.36. The second-order valence-corrected chi connectivity index (χ2v) is 11.3. The zero-order valence-electron chi connectivity index (χ0n) is 17.5. The molecule has 0 aliphatic carbocycles. The Morgan fingerprint density at radius 3 is 2.60 bits per heavy atom. The van der Waals surface area contributed by atoms with E-state index in [0.29, 0.717) is 25.1 Å². The van der Waals surface area contributed by atoms with Gasteiger partial charge in [0, 0.05) is 16.8 Å². The first kappa shape index (κ1) is 25.7. The van der Waals surface area contributed by atoms with E-state index in [9.17, 15) is 9.59 Å². The van der Waals surface area contributed by atoms with E-state index in [1.807, 2.05) is 0 Å². The molecule has 3 aromatic heterocycles. The van der Waals surface area contributed by atoms with Crippen LogP contribution in [-0.4, -0.2) is 41.7 Å². The van der Waals surface area contributed by atoms with Crippen LogP contribution in [0.25, 0.3) is 0 Å². The molecular weight excluding hydrogens is 575 g/mol. The Morgan fingerprint density at radius 2 is 1.91 bits per heavy atom. The van der Waals surface area contributed by atoms with E-state index in [2.05, 4.69) is 25.5 Å². The van der Waals surface area contributed by atoms with Crippen molar-refractivity contribution in [2.24, 2.45) is 7.05 Å². The number of halogens is 3. The fourth-order valence-electron chi connectivity index (χ4n) is 2.65. The van der Waals surface area contributed by atoms with E-state index in [1.165, 1.54) is 23.5 Å². The Balaban J connectivity index is 1.66. The number of carboxylic acids is 1. The number of nitrogens with one attached hydrogen (secondary N) is 1. The van der Waals surface area contributed by atoms with Gasteiger partial charge in [0.05, 0.1) is 22.2 Å². The van der Waals surface area contributed by atoms with Crippen molar-refractivity contribution in [3.05, 3.63) is 62.4 Å². The van der Waals surface area contributed by atoms with Crippen molar-refractivity contribution < 1.29 is 14.7 Å². The molecule has 3 heterocycles. The predicted molar refractivity (Wildman–Crippen MR) is 136 cm³/mol. The fourth-order valence-corrected chi connectivity index (χ4v) is 5.72. The van der Waals surface area contributed by atoms with E-state index in [-0.39, 0.29) is 27.3 Å². The van der Waals surface area contributed by atoms with Gasteiger partial charge in [-0.2, -0.15) is 0 Å². The zero-order chi connectivity index (χ0) is 25.1. The van der Waals surface area contributed by atoms with E-state index in [0.717, 1.165) is 16.2 Å². The molecule has 4 aromatic rings. The number of anilines is 1. The van der Waals surface area contributed by atoms with Crippen molar-refractivity contribution in [2.45, 2.75) is 26.4 Å². The summed E-state index contributed by atoms with van der Waals surface area (Å²) in [4.78, 5) is 34.2. The molecule has 4 rings (SSSR count). The highest BCUT2D eigenvalue weighted by Gasteiger charge is 2.20. The standard InChI is InChI=1S/C20H13Cl3N6O3S3/c1-29-8-24-28-20(29)34-14-5-4-13(33-9-2-3-10(21)11(22)6-9)16(26-14)18(32)27-19-25-12(7-15(30)31)17(23)35-19/h2-6,8H,7H2,1H3,(H,30,31)(H,25,27,32). The van der Waals surface area contributed by atoms with Crippen LogP contribution in [-0.2, 0) is 18.3 Å². The lowest BCUT2D eigenvalue weighted by atomic mass is 10.3. The first-order chi connectivity index (χ1) is 16.7. The molecule has 0 saturated carbocycles. The summed E-state index contributed by atoms with van der Waals surface area (Å²) in [5.74, 6) is -1.62. The zero-order valence-corrected chi connectivity index (χ0v) is 22.2. The van der Waals surface area contributed by atoms with E-state index in [4.69, 9.17) is 39.9 Å². The number of hydrogen-bond donors (Lipinski definition) is 2. The van der Waals surface area contributed by atoms with E-state index in [1.54, 1.807) is 48.3 Å². The molecule has 0 radical (unpaired) electrons. The number of carbonyl (C=O) groups excluding carboxylic acids is 1. The van der Waals surface area contributed by atoms with Crippen LogP contribution < -0.4 is 5.32 Å².